The largest absolute Gasteiger partial charge is 0.489 e. The molecule has 208 valence electrons. The van der Waals surface area contributed by atoms with Gasteiger partial charge < -0.3 is 14.5 Å². The van der Waals surface area contributed by atoms with Crippen LogP contribution in [-0.4, -0.2) is 78.3 Å². The molecule has 1 spiro atoms. The lowest BCUT2D eigenvalue weighted by molar-refractivity contribution is -0.139. The predicted molar refractivity (Wildman–Crippen MR) is 153 cm³/mol. The predicted octanol–water partition coefficient (Wildman–Crippen LogP) is 4.64. The molecule has 4 heterocycles. The lowest BCUT2D eigenvalue weighted by Crippen LogP contribution is -2.61. The summed E-state index contributed by atoms with van der Waals surface area (Å²) in [6, 6.07) is 7.92. The monoisotopic (exact) mass is 542 g/mol. The maximum Gasteiger partial charge on any atom is 0.245 e. The summed E-state index contributed by atoms with van der Waals surface area (Å²) in [6.45, 7) is 11.7. The number of amides is 1. The molecule has 1 amide bonds. The van der Waals surface area contributed by atoms with Crippen LogP contribution in [0.5, 0.6) is 5.75 Å². The highest BCUT2D eigenvalue weighted by Crippen LogP contribution is 2.46. The van der Waals surface area contributed by atoms with E-state index in [1.54, 1.807) is 12.3 Å². The molecule has 40 heavy (non-hydrogen) atoms. The zero-order valence-electron chi connectivity index (χ0n) is 23.0. The topological polar surface area (TPSA) is 88.5 Å². The van der Waals surface area contributed by atoms with Gasteiger partial charge in [-0.1, -0.05) is 12.6 Å². The molecule has 8 nitrogen and oxygen atoms in total. The summed E-state index contributed by atoms with van der Waals surface area (Å²) in [4.78, 5) is 18.4. The molecule has 3 aliphatic heterocycles. The van der Waals surface area contributed by atoms with Crippen molar-refractivity contribution < 1.29 is 13.9 Å². The first-order chi connectivity index (χ1) is 19.4. The number of aromatic nitrogens is 2. The summed E-state index contributed by atoms with van der Waals surface area (Å²) >= 11 is 0. The second kappa shape index (κ2) is 10.6. The molecule has 0 saturated carbocycles. The number of aromatic amines is 1. The van der Waals surface area contributed by atoms with Crippen LogP contribution in [0.25, 0.3) is 22.0 Å². The third kappa shape index (κ3) is 4.60. The molecule has 9 heteroatoms. The van der Waals surface area contributed by atoms with Crippen LogP contribution < -0.4 is 9.64 Å². The van der Waals surface area contributed by atoms with E-state index in [0.29, 0.717) is 23.4 Å². The van der Waals surface area contributed by atoms with Gasteiger partial charge in [0.05, 0.1) is 23.0 Å². The average Bonchev–Trinajstić information content (AvgIpc) is 3.65. The molecule has 2 aromatic carbocycles. The number of piperidine rings is 1. The number of H-pyrrole nitrogens is 1. The van der Waals surface area contributed by atoms with E-state index in [1.165, 1.54) is 18.9 Å². The molecule has 3 fully saturated rings. The van der Waals surface area contributed by atoms with E-state index >= 15 is 4.39 Å². The number of benzene rings is 2. The number of nitrogens with zero attached hydrogens (tertiary/aromatic N) is 5. The van der Waals surface area contributed by atoms with Crippen molar-refractivity contribution in [3.8, 4) is 22.9 Å². The van der Waals surface area contributed by atoms with Gasteiger partial charge in [0, 0.05) is 60.7 Å². The van der Waals surface area contributed by atoms with Crippen molar-refractivity contribution in [3.05, 3.63) is 54.0 Å². The van der Waals surface area contributed by atoms with Gasteiger partial charge in [-0.05, 0) is 63.4 Å². The first kappa shape index (κ1) is 26.3. The van der Waals surface area contributed by atoms with E-state index in [1.807, 2.05) is 24.0 Å². The Morgan fingerprint density at radius 3 is 2.67 bits per heavy atom. The van der Waals surface area contributed by atoms with Crippen LogP contribution in [0.2, 0.25) is 0 Å². The molecule has 3 aliphatic rings. The number of carbonyl (C=O) groups excluding carboxylic acids is 1. The van der Waals surface area contributed by atoms with Crippen molar-refractivity contribution >= 4 is 22.5 Å². The zero-order valence-corrected chi connectivity index (χ0v) is 23.0. The minimum Gasteiger partial charge on any atom is -0.489 e. The Morgan fingerprint density at radius 2 is 1.98 bits per heavy atom. The molecule has 6 rings (SSSR count). The van der Waals surface area contributed by atoms with E-state index in [4.69, 9.17) is 4.74 Å². The van der Waals surface area contributed by atoms with E-state index in [-0.39, 0.29) is 22.6 Å². The summed E-state index contributed by atoms with van der Waals surface area (Å²) in [6.07, 6.45) is 7.22. The molecule has 0 radical (unpaired) electrons. The summed E-state index contributed by atoms with van der Waals surface area (Å²) < 4.78 is 22.5. The number of nitrogens with one attached hydrogen (secondary N) is 1. The second-order valence-electron chi connectivity index (χ2n) is 11.4. The van der Waals surface area contributed by atoms with Crippen LogP contribution in [0.1, 0.15) is 36.8 Å². The van der Waals surface area contributed by atoms with Crippen LogP contribution >= 0.6 is 0 Å². The number of anilines is 1. The molecule has 0 aliphatic carbocycles. The first-order valence-corrected chi connectivity index (χ1v) is 14.1. The maximum atomic E-state index is 16.4. The second-order valence-corrected chi connectivity index (χ2v) is 11.4. The number of ether oxygens (including phenoxy) is 1. The summed E-state index contributed by atoms with van der Waals surface area (Å²) in [5.74, 6) is -0.359. The van der Waals surface area contributed by atoms with Crippen LogP contribution in [-0.2, 0) is 4.79 Å². The fourth-order valence-electron chi connectivity index (χ4n) is 6.66. The third-order valence-electron chi connectivity index (χ3n) is 8.97. The quantitative estimate of drug-likeness (QED) is 0.438. The molecule has 0 unspecified atom stereocenters. The van der Waals surface area contributed by atoms with Gasteiger partial charge in [0.2, 0.25) is 5.91 Å². The lowest BCUT2D eigenvalue weighted by atomic mass is 9.71. The number of aryl methyl sites for hydroxylation is 1. The molecule has 3 aromatic rings. The fraction of sp³-hybridized carbons (Fsp3) is 0.452. The minimum atomic E-state index is -0.510. The number of fused-ring (bicyclic) bond motifs is 1. The molecule has 0 atom stereocenters. The fourth-order valence-corrected chi connectivity index (χ4v) is 6.66. The number of halogens is 1. The minimum absolute atomic E-state index is 0.0255. The van der Waals surface area contributed by atoms with E-state index < -0.39 is 5.82 Å². The van der Waals surface area contributed by atoms with Crippen molar-refractivity contribution in [1.82, 2.24) is 20.0 Å². The lowest BCUT2D eigenvalue weighted by Gasteiger charge is -2.54. The van der Waals surface area contributed by atoms with E-state index in [9.17, 15) is 10.1 Å². The van der Waals surface area contributed by atoms with Gasteiger partial charge in [-0.15, -0.1) is 0 Å². The van der Waals surface area contributed by atoms with Crippen molar-refractivity contribution in [1.29, 1.82) is 5.26 Å². The van der Waals surface area contributed by atoms with Gasteiger partial charge in [-0.2, -0.15) is 10.4 Å². The van der Waals surface area contributed by atoms with Crippen LogP contribution in [0.3, 0.4) is 0 Å². The summed E-state index contributed by atoms with van der Waals surface area (Å²) in [5, 5.41) is 18.4. The Balaban J connectivity index is 1.36. The standard InChI is InChI=1S/C31H35FN6O2/c1-3-27(39)38-19-31(20-38)8-12-37(13-9-31)25-16-26(40-15-14-36-10-4-5-11-36)30(32)29(22(25)17-33)28-21(2)6-7-24-23(28)18-34-35-24/h3,6-7,16,18H,1,4-5,8-15,19-20H2,2H3,(H,34,35). The van der Waals surface area contributed by atoms with Crippen molar-refractivity contribution in [2.45, 2.75) is 32.6 Å². The van der Waals surface area contributed by atoms with E-state index in [2.05, 4.69) is 32.6 Å². The van der Waals surface area contributed by atoms with Gasteiger partial charge in [0.1, 0.15) is 12.7 Å². The normalized spacial score (nSPS) is 18.6. The zero-order chi connectivity index (χ0) is 27.9. The van der Waals surface area contributed by atoms with Gasteiger partial charge in [0.15, 0.2) is 11.6 Å². The smallest absolute Gasteiger partial charge is 0.245 e. The Hall–Kier alpha value is -3.90. The Kier molecular flexibility index (Phi) is 6.97. The summed E-state index contributed by atoms with van der Waals surface area (Å²) in [7, 11) is 0. The van der Waals surface area contributed by atoms with Gasteiger partial charge in [-0.25, -0.2) is 4.39 Å². The maximum absolute atomic E-state index is 16.4. The Labute approximate surface area is 234 Å². The van der Waals surface area contributed by atoms with Crippen molar-refractivity contribution in [2.75, 3.05) is 57.3 Å². The number of rotatable bonds is 7. The van der Waals surface area contributed by atoms with Crippen molar-refractivity contribution in [3.63, 3.8) is 0 Å². The Bertz CT molecular complexity index is 1490. The first-order valence-electron chi connectivity index (χ1n) is 14.1. The van der Waals surface area contributed by atoms with Crippen LogP contribution in [0.4, 0.5) is 10.1 Å². The Morgan fingerprint density at radius 1 is 1.23 bits per heavy atom. The molecular formula is C31H35FN6O2. The van der Waals surface area contributed by atoms with Crippen LogP contribution in [0.15, 0.2) is 37.1 Å². The molecular weight excluding hydrogens is 507 g/mol. The molecule has 1 N–H and O–H groups in total. The highest BCUT2D eigenvalue weighted by molar-refractivity contribution is 5.99. The highest BCUT2D eigenvalue weighted by Gasteiger charge is 2.46. The summed E-state index contributed by atoms with van der Waals surface area (Å²) in [5.41, 5.74) is 3.69. The number of carbonyl (C=O) groups is 1. The number of hydrogen-bond donors (Lipinski definition) is 1. The molecule has 1 aromatic heterocycles. The van der Waals surface area contributed by atoms with Crippen molar-refractivity contribution in [2.24, 2.45) is 5.41 Å². The van der Waals surface area contributed by atoms with Gasteiger partial charge in [0.25, 0.3) is 0 Å². The SMILES string of the molecule is C=CC(=O)N1CC2(CCN(c3cc(OCCN4CCCC4)c(F)c(-c4c(C)ccc5[nH]ncc45)c3C#N)CC2)C1. The van der Waals surface area contributed by atoms with Crippen LogP contribution in [0, 0.1) is 29.5 Å². The third-order valence-corrected chi connectivity index (χ3v) is 8.97. The van der Waals surface area contributed by atoms with E-state index in [0.717, 1.165) is 75.1 Å². The number of nitriles is 1. The molecule has 3 saturated heterocycles. The number of likely N-dealkylation sites (tertiary alicyclic amines) is 2. The number of hydrogen-bond acceptors (Lipinski definition) is 6. The average molecular weight is 543 g/mol. The highest BCUT2D eigenvalue weighted by atomic mass is 19.1. The van der Waals surface area contributed by atoms with Gasteiger partial charge in [-0.3, -0.25) is 14.8 Å². The molecule has 0 bridgehead atoms. The van der Waals surface area contributed by atoms with Gasteiger partial charge >= 0.3 is 0 Å².